The summed E-state index contributed by atoms with van der Waals surface area (Å²) in [5.74, 6) is 0. The molecule has 1 aromatic heterocycles. The fourth-order valence-electron chi connectivity index (χ4n) is 2.68. The average Bonchev–Trinajstić information content (AvgIpc) is 2.84. The summed E-state index contributed by atoms with van der Waals surface area (Å²) in [5, 5.41) is 4.47. The second kappa shape index (κ2) is 6.26. The molecule has 112 valence electrons. The molecule has 0 aliphatic rings. The summed E-state index contributed by atoms with van der Waals surface area (Å²) in [7, 11) is 0. The number of nitrogens with zero attached hydrogens (tertiary/aromatic N) is 2. The van der Waals surface area contributed by atoms with Gasteiger partial charge in [-0.1, -0.05) is 0 Å². The van der Waals surface area contributed by atoms with Gasteiger partial charge in [0.1, 0.15) is 0 Å². The maximum Gasteiger partial charge on any atom is 0.0568 e. The van der Waals surface area contributed by atoms with E-state index in [1.165, 1.54) is 38.9 Å². The molecule has 2 rings (SSSR count). The van der Waals surface area contributed by atoms with E-state index in [0.717, 1.165) is 0 Å². The number of hydrogen-bond acceptors (Lipinski definition) is 1. The van der Waals surface area contributed by atoms with E-state index in [0.29, 0.717) is 6.04 Å². The molecule has 1 aromatic carbocycles. The third kappa shape index (κ3) is 2.76. The molecule has 2 nitrogen and oxygen atoms in total. The molecule has 0 fully saturated rings. The quantitative estimate of drug-likeness (QED) is 0.649. The van der Waals surface area contributed by atoms with Gasteiger partial charge < -0.3 is 0 Å². The predicted molar refractivity (Wildman–Crippen MR) is 81.7 cm³/mol. The van der Waals surface area contributed by atoms with Crippen LogP contribution in [0.5, 0.6) is 0 Å². The van der Waals surface area contributed by atoms with Crippen molar-refractivity contribution in [3.05, 3.63) is 40.2 Å². The molecule has 3 heteroatoms. The first-order chi connectivity index (χ1) is 8.84. The third-order valence-corrected chi connectivity index (χ3v) is 4.42. The van der Waals surface area contributed by atoms with Gasteiger partial charge in [0, 0.05) is 38.9 Å². The summed E-state index contributed by atoms with van der Waals surface area (Å²) in [6.07, 6.45) is 4.15. The van der Waals surface area contributed by atoms with E-state index in [-0.39, 0.29) is 21.1 Å². The number of hydrogen-bond donors (Lipinski definition) is 0. The Morgan fingerprint density at radius 1 is 0.850 bits per heavy atom. The third-order valence-electron chi connectivity index (χ3n) is 4.42. The van der Waals surface area contributed by atoms with Gasteiger partial charge in [0.25, 0.3) is 0 Å². The topological polar surface area (TPSA) is 17.8 Å². The molecule has 0 saturated heterocycles. The molecular weight excluding hydrogens is 427 g/mol. The van der Waals surface area contributed by atoms with Crippen LogP contribution in [0.3, 0.4) is 0 Å². The van der Waals surface area contributed by atoms with Crippen LogP contribution in [0.1, 0.15) is 47.7 Å². The first-order valence-corrected chi connectivity index (χ1v) is 6.96. The summed E-state index contributed by atoms with van der Waals surface area (Å²) in [4.78, 5) is 0. The van der Waals surface area contributed by atoms with Crippen LogP contribution in [-0.2, 0) is 21.1 Å². The zero-order valence-electron chi connectivity index (χ0n) is 13.4. The molecule has 0 radical (unpaired) electrons. The zero-order chi connectivity index (χ0) is 14.3. The molecule has 0 spiro atoms. The molecule has 0 N–H and O–H groups in total. The second-order valence-electron chi connectivity index (χ2n) is 5.80. The SMILES string of the molecule is Cc1c(C)c(C)c(-c2cnn(C(C)C)c2)c(C)c1C.[Pt]. The van der Waals surface area contributed by atoms with Crippen molar-refractivity contribution >= 4 is 0 Å². The number of aromatic nitrogens is 2. The summed E-state index contributed by atoms with van der Waals surface area (Å²) >= 11 is 0. The van der Waals surface area contributed by atoms with E-state index in [2.05, 4.69) is 59.8 Å². The second-order valence-corrected chi connectivity index (χ2v) is 5.80. The summed E-state index contributed by atoms with van der Waals surface area (Å²) in [6, 6.07) is 0.405. The van der Waals surface area contributed by atoms with Crippen LogP contribution in [0.4, 0.5) is 0 Å². The maximum absolute atomic E-state index is 4.47. The molecule has 20 heavy (non-hydrogen) atoms. The Kier molecular flexibility index (Phi) is 5.38. The van der Waals surface area contributed by atoms with Crippen LogP contribution in [0, 0.1) is 34.6 Å². The smallest absolute Gasteiger partial charge is 0.0568 e. The Morgan fingerprint density at radius 3 is 1.70 bits per heavy atom. The van der Waals surface area contributed by atoms with E-state index in [1.807, 2.05) is 10.9 Å². The molecule has 0 aliphatic carbocycles. The van der Waals surface area contributed by atoms with Crippen LogP contribution in [0.25, 0.3) is 11.1 Å². The number of benzene rings is 1. The van der Waals surface area contributed by atoms with Gasteiger partial charge in [-0.3, -0.25) is 4.68 Å². The molecule has 1 heterocycles. The van der Waals surface area contributed by atoms with Gasteiger partial charge in [0.2, 0.25) is 0 Å². The first kappa shape index (κ1) is 17.2. The number of rotatable bonds is 2. The van der Waals surface area contributed by atoms with E-state index in [4.69, 9.17) is 0 Å². The van der Waals surface area contributed by atoms with Gasteiger partial charge in [-0.2, -0.15) is 5.10 Å². The Bertz CT molecular complexity index is 595. The van der Waals surface area contributed by atoms with Gasteiger partial charge in [-0.25, -0.2) is 0 Å². The van der Waals surface area contributed by atoms with Crippen LogP contribution in [0.15, 0.2) is 12.4 Å². The van der Waals surface area contributed by atoms with Crippen LogP contribution in [0.2, 0.25) is 0 Å². The molecule has 0 atom stereocenters. The predicted octanol–water partition coefficient (Wildman–Crippen LogP) is 4.67. The van der Waals surface area contributed by atoms with Crippen molar-refractivity contribution in [1.82, 2.24) is 9.78 Å². The molecular formula is C17H24N2Pt. The standard InChI is InChI=1S/C17H24N2.Pt/c1-10(2)19-9-16(8-18-19)17-14(6)12(4)11(3)13(5)15(17)7;/h8-10H,1-7H3;. The molecule has 0 unspecified atom stereocenters. The first-order valence-electron chi connectivity index (χ1n) is 6.96. The summed E-state index contributed by atoms with van der Waals surface area (Å²) in [5.41, 5.74) is 9.55. The normalized spacial score (nSPS) is 10.8. The Balaban J connectivity index is 0.00000200. The molecule has 2 aromatic rings. The minimum atomic E-state index is 0. The van der Waals surface area contributed by atoms with Crippen molar-refractivity contribution < 1.29 is 21.1 Å². The van der Waals surface area contributed by atoms with Crippen LogP contribution in [-0.4, -0.2) is 9.78 Å². The summed E-state index contributed by atoms with van der Waals surface area (Å²) < 4.78 is 2.03. The molecule has 0 amide bonds. The van der Waals surface area contributed by atoms with Crippen molar-refractivity contribution in [2.75, 3.05) is 0 Å². The molecule has 0 saturated carbocycles. The van der Waals surface area contributed by atoms with E-state index in [1.54, 1.807) is 0 Å². The van der Waals surface area contributed by atoms with Gasteiger partial charge in [-0.05, 0) is 81.8 Å². The van der Waals surface area contributed by atoms with E-state index >= 15 is 0 Å². The van der Waals surface area contributed by atoms with Gasteiger partial charge in [0.15, 0.2) is 0 Å². The monoisotopic (exact) mass is 451 g/mol. The zero-order valence-corrected chi connectivity index (χ0v) is 15.7. The minimum Gasteiger partial charge on any atom is -0.270 e. The van der Waals surface area contributed by atoms with Gasteiger partial charge >= 0.3 is 0 Å². The average molecular weight is 451 g/mol. The fraction of sp³-hybridized carbons (Fsp3) is 0.471. The van der Waals surface area contributed by atoms with Crippen LogP contribution >= 0.6 is 0 Å². The van der Waals surface area contributed by atoms with Crippen molar-refractivity contribution in [2.45, 2.75) is 54.5 Å². The Hall–Kier alpha value is -0.882. The minimum absolute atomic E-state index is 0. The molecule has 0 aliphatic heterocycles. The van der Waals surface area contributed by atoms with E-state index < -0.39 is 0 Å². The van der Waals surface area contributed by atoms with Crippen LogP contribution < -0.4 is 0 Å². The Morgan fingerprint density at radius 2 is 1.30 bits per heavy atom. The summed E-state index contributed by atoms with van der Waals surface area (Å²) in [6.45, 7) is 15.4. The van der Waals surface area contributed by atoms with Crippen molar-refractivity contribution in [1.29, 1.82) is 0 Å². The largest absolute Gasteiger partial charge is 0.270 e. The Labute approximate surface area is 136 Å². The van der Waals surface area contributed by atoms with Crippen molar-refractivity contribution in [2.24, 2.45) is 0 Å². The van der Waals surface area contributed by atoms with Crippen molar-refractivity contribution in [3.63, 3.8) is 0 Å². The maximum atomic E-state index is 4.47. The van der Waals surface area contributed by atoms with E-state index in [9.17, 15) is 0 Å². The van der Waals surface area contributed by atoms with Crippen molar-refractivity contribution in [3.8, 4) is 11.1 Å². The molecule has 0 bridgehead atoms. The fourth-order valence-corrected chi connectivity index (χ4v) is 2.68. The van der Waals surface area contributed by atoms with Gasteiger partial charge in [-0.15, -0.1) is 0 Å². The van der Waals surface area contributed by atoms with Gasteiger partial charge in [0.05, 0.1) is 6.20 Å².